The fraction of sp³-hybridized carbons (Fsp3) is 1.00. The topological polar surface area (TPSA) is 29.3 Å². The maximum absolute atomic E-state index is 12.1. The van der Waals surface area contributed by atoms with E-state index in [0.29, 0.717) is 18.4 Å². The zero-order chi connectivity index (χ0) is 11.4. The summed E-state index contributed by atoms with van der Waals surface area (Å²) in [6, 6.07) is 0.196. The first-order valence-electron chi connectivity index (χ1n) is 5.71. The van der Waals surface area contributed by atoms with Crippen LogP contribution in [0.25, 0.3) is 0 Å². The smallest absolute Gasteiger partial charge is 0.251 e. The zero-order valence-electron chi connectivity index (χ0n) is 9.63. The van der Waals surface area contributed by atoms with Gasteiger partial charge in [0.25, 0.3) is 6.43 Å². The molecule has 0 aromatic rings. The summed E-state index contributed by atoms with van der Waals surface area (Å²) in [6.45, 7) is 2.78. The van der Waals surface area contributed by atoms with Crippen molar-refractivity contribution in [2.24, 2.45) is 17.6 Å². The van der Waals surface area contributed by atoms with Crippen LogP contribution in [-0.4, -0.2) is 37.5 Å². The summed E-state index contributed by atoms with van der Waals surface area (Å²) in [6.07, 6.45) is 1.05. The number of rotatable bonds is 4. The number of alkyl halides is 2. The largest absolute Gasteiger partial charge is 0.327 e. The molecule has 3 atom stereocenters. The van der Waals surface area contributed by atoms with Crippen LogP contribution < -0.4 is 5.73 Å². The minimum absolute atomic E-state index is 0.141. The average molecular weight is 220 g/mol. The second-order valence-corrected chi connectivity index (χ2v) is 4.95. The van der Waals surface area contributed by atoms with Gasteiger partial charge >= 0.3 is 0 Å². The summed E-state index contributed by atoms with van der Waals surface area (Å²) >= 11 is 0. The predicted octanol–water partition coefficient (Wildman–Crippen LogP) is 1.95. The number of nitrogens with two attached hydrogens (primary N) is 1. The molecule has 1 aliphatic carbocycles. The Morgan fingerprint density at radius 2 is 2.07 bits per heavy atom. The van der Waals surface area contributed by atoms with Gasteiger partial charge in [-0.15, -0.1) is 0 Å². The van der Waals surface area contributed by atoms with Crippen molar-refractivity contribution in [1.82, 2.24) is 4.90 Å². The summed E-state index contributed by atoms with van der Waals surface area (Å²) in [7, 11) is 1.75. The van der Waals surface area contributed by atoms with Gasteiger partial charge in [-0.05, 0) is 38.1 Å². The lowest BCUT2D eigenvalue weighted by molar-refractivity contribution is 0.0831. The molecule has 3 unspecified atom stereocenters. The Morgan fingerprint density at radius 1 is 1.40 bits per heavy atom. The molecule has 90 valence electrons. The highest BCUT2D eigenvalue weighted by atomic mass is 19.3. The Labute approximate surface area is 90.8 Å². The summed E-state index contributed by atoms with van der Waals surface area (Å²) in [4.78, 5) is 1.70. The lowest BCUT2D eigenvalue weighted by Gasteiger charge is -2.35. The molecule has 1 fully saturated rings. The first-order valence-corrected chi connectivity index (χ1v) is 5.71. The van der Waals surface area contributed by atoms with Gasteiger partial charge in [0, 0.05) is 12.6 Å². The summed E-state index contributed by atoms with van der Waals surface area (Å²) in [5.74, 6) is 1.08. The third-order valence-corrected chi connectivity index (χ3v) is 3.30. The lowest BCUT2D eigenvalue weighted by atomic mass is 9.79. The number of halogens is 2. The van der Waals surface area contributed by atoms with E-state index in [0.717, 1.165) is 12.8 Å². The highest BCUT2D eigenvalue weighted by Crippen LogP contribution is 2.28. The predicted molar refractivity (Wildman–Crippen MR) is 58.0 cm³/mol. The van der Waals surface area contributed by atoms with Crippen molar-refractivity contribution < 1.29 is 8.78 Å². The molecule has 0 bridgehead atoms. The van der Waals surface area contributed by atoms with Gasteiger partial charge in [0.05, 0.1) is 6.54 Å². The van der Waals surface area contributed by atoms with Gasteiger partial charge < -0.3 is 10.6 Å². The van der Waals surface area contributed by atoms with Gasteiger partial charge in [0.2, 0.25) is 0 Å². The van der Waals surface area contributed by atoms with Crippen molar-refractivity contribution in [2.75, 3.05) is 20.1 Å². The quantitative estimate of drug-likeness (QED) is 0.784. The second-order valence-electron chi connectivity index (χ2n) is 4.95. The van der Waals surface area contributed by atoms with E-state index in [2.05, 4.69) is 6.92 Å². The summed E-state index contributed by atoms with van der Waals surface area (Å²) < 4.78 is 24.3. The van der Waals surface area contributed by atoms with Gasteiger partial charge in [-0.1, -0.05) is 6.92 Å². The number of hydrogen-bond acceptors (Lipinski definition) is 2. The Balaban J connectivity index is 2.34. The van der Waals surface area contributed by atoms with E-state index in [1.165, 1.54) is 6.42 Å². The molecule has 1 aliphatic rings. The average Bonchev–Trinajstić information content (AvgIpc) is 2.10. The van der Waals surface area contributed by atoms with Gasteiger partial charge in [-0.25, -0.2) is 8.78 Å². The number of hydrogen-bond donors (Lipinski definition) is 1. The van der Waals surface area contributed by atoms with Gasteiger partial charge in [-0.2, -0.15) is 0 Å². The van der Waals surface area contributed by atoms with Crippen molar-refractivity contribution in [1.29, 1.82) is 0 Å². The Bertz CT molecular complexity index is 187. The van der Waals surface area contributed by atoms with Crippen LogP contribution in [0.5, 0.6) is 0 Å². The van der Waals surface area contributed by atoms with Crippen molar-refractivity contribution in [3.8, 4) is 0 Å². The molecule has 2 N–H and O–H groups in total. The van der Waals surface area contributed by atoms with Crippen LogP contribution in [0.3, 0.4) is 0 Å². The highest BCUT2D eigenvalue weighted by molar-refractivity contribution is 4.82. The molecular formula is C11H22F2N2. The Morgan fingerprint density at radius 3 is 2.67 bits per heavy atom. The molecule has 1 rings (SSSR count). The monoisotopic (exact) mass is 220 g/mol. The van der Waals surface area contributed by atoms with Crippen LogP contribution in [0, 0.1) is 11.8 Å². The van der Waals surface area contributed by atoms with Crippen molar-refractivity contribution in [3.05, 3.63) is 0 Å². The van der Waals surface area contributed by atoms with E-state index >= 15 is 0 Å². The maximum Gasteiger partial charge on any atom is 0.251 e. The minimum Gasteiger partial charge on any atom is -0.327 e. The molecule has 0 aliphatic heterocycles. The molecule has 0 amide bonds. The standard InChI is InChI=1S/C11H22F2N2/c1-8-3-4-10(14)9(5-8)6-15(2)7-11(12)13/h8-11H,3-7,14H2,1-2H3. The maximum atomic E-state index is 12.1. The molecule has 0 heterocycles. The van der Waals surface area contributed by atoms with Crippen LogP contribution in [-0.2, 0) is 0 Å². The molecule has 1 saturated carbocycles. The van der Waals surface area contributed by atoms with Gasteiger partial charge in [0.15, 0.2) is 0 Å². The van der Waals surface area contributed by atoms with Crippen molar-refractivity contribution >= 4 is 0 Å². The molecule has 0 radical (unpaired) electrons. The molecule has 0 aromatic heterocycles. The van der Waals surface area contributed by atoms with Crippen LogP contribution in [0.2, 0.25) is 0 Å². The fourth-order valence-electron chi connectivity index (χ4n) is 2.44. The molecule has 4 heteroatoms. The normalized spacial score (nSPS) is 32.6. The molecule has 0 spiro atoms. The van der Waals surface area contributed by atoms with Crippen molar-refractivity contribution in [2.45, 2.75) is 38.7 Å². The second kappa shape index (κ2) is 5.75. The molecule has 2 nitrogen and oxygen atoms in total. The van der Waals surface area contributed by atoms with Crippen LogP contribution >= 0.6 is 0 Å². The minimum atomic E-state index is -2.24. The summed E-state index contributed by atoms with van der Waals surface area (Å²) in [5.41, 5.74) is 6.01. The zero-order valence-corrected chi connectivity index (χ0v) is 9.63. The molecule has 0 saturated heterocycles. The van der Waals surface area contributed by atoms with E-state index in [-0.39, 0.29) is 12.6 Å². The van der Waals surface area contributed by atoms with Crippen LogP contribution in [0.15, 0.2) is 0 Å². The van der Waals surface area contributed by atoms with E-state index in [4.69, 9.17) is 5.73 Å². The van der Waals surface area contributed by atoms with E-state index in [1.54, 1.807) is 11.9 Å². The van der Waals surface area contributed by atoms with Crippen LogP contribution in [0.4, 0.5) is 8.78 Å². The van der Waals surface area contributed by atoms with E-state index in [9.17, 15) is 8.78 Å². The first-order chi connectivity index (χ1) is 6.99. The Kier molecular flexibility index (Phi) is 4.93. The fourth-order valence-corrected chi connectivity index (χ4v) is 2.44. The summed E-state index contributed by atoms with van der Waals surface area (Å²) in [5, 5.41) is 0. The molecule has 15 heavy (non-hydrogen) atoms. The van der Waals surface area contributed by atoms with Crippen molar-refractivity contribution in [3.63, 3.8) is 0 Å². The first kappa shape index (κ1) is 12.8. The third-order valence-electron chi connectivity index (χ3n) is 3.30. The van der Waals surface area contributed by atoms with Gasteiger partial charge in [0.1, 0.15) is 0 Å². The van der Waals surface area contributed by atoms with Gasteiger partial charge in [-0.3, -0.25) is 0 Å². The van der Waals surface area contributed by atoms with Crippen LogP contribution in [0.1, 0.15) is 26.2 Å². The molecular weight excluding hydrogens is 198 g/mol. The SMILES string of the molecule is CC1CCC(N)C(CN(C)CC(F)F)C1. The third kappa shape index (κ3) is 4.43. The lowest BCUT2D eigenvalue weighted by Crippen LogP contribution is -2.42. The molecule has 0 aromatic carbocycles. The number of nitrogens with zero attached hydrogens (tertiary/aromatic N) is 1. The Hall–Kier alpha value is -0.220. The van der Waals surface area contributed by atoms with E-state index in [1.807, 2.05) is 0 Å². The van der Waals surface area contributed by atoms with E-state index < -0.39 is 6.43 Å². The highest BCUT2D eigenvalue weighted by Gasteiger charge is 2.27.